The van der Waals surface area contributed by atoms with Gasteiger partial charge in [-0.2, -0.15) is 0 Å². The number of aliphatic hydroxyl groups excluding tert-OH is 1. The number of fused-ring (bicyclic) bond motifs is 1. The summed E-state index contributed by atoms with van der Waals surface area (Å²) in [6.45, 7) is 6.29. The van der Waals surface area contributed by atoms with Gasteiger partial charge in [0.05, 0.1) is 24.6 Å². The molecule has 2 aliphatic heterocycles. The zero-order chi connectivity index (χ0) is 51.6. The van der Waals surface area contributed by atoms with E-state index >= 15 is 0 Å². The van der Waals surface area contributed by atoms with Gasteiger partial charge in [-0.3, -0.25) is 58.7 Å². The fourth-order valence-corrected chi connectivity index (χ4v) is 8.62. The van der Waals surface area contributed by atoms with E-state index in [2.05, 4.69) is 26.6 Å². The fourth-order valence-electron chi connectivity index (χ4n) is 7.20. The van der Waals surface area contributed by atoms with Crippen LogP contribution in [0.25, 0.3) is 0 Å². The van der Waals surface area contributed by atoms with Crippen LogP contribution in [-0.4, -0.2) is 165 Å². The van der Waals surface area contributed by atoms with Crippen LogP contribution in [0.5, 0.6) is 0 Å². The Kier molecular flexibility index (Phi) is 23.9. The molecule has 0 aromatic carbocycles. The topological polar surface area (TPSA) is 443 Å². The molecule has 0 aromatic rings. The molecule has 9 atom stereocenters. The van der Waals surface area contributed by atoms with Crippen molar-refractivity contribution in [1.29, 1.82) is 0 Å². The molecule has 1 saturated heterocycles. The highest BCUT2D eigenvalue weighted by molar-refractivity contribution is 8.00. The number of nitrogens with one attached hydrogen (secondary N) is 5. The predicted molar refractivity (Wildman–Crippen MR) is 242 cm³/mol. The largest absolute Gasteiger partial charge is 0.480 e. The number of nitrogens with two attached hydrogens (primary N) is 5. The second-order valence-electron chi connectivity index (χ2n) is 17.1. The van der Waals surface area contributed by atoms with Crippen molar-refractivity contribution in [3.05, 3.63) is 11.3 Å². The molecule has 0 spiro atoms. The third-order valence-corrected chi connectivity index (χ3v) is 12.5. The summed E-state index contributed by atoms with van der Waals surface area (Å²) in [7, 11) is 1.14. The minimum Gasteiger partial charge on any atom is -0.480 e. The molecule has 68 heavy (non-hydrogen) atoms. The van der Waals surface area contributed by atoms with Crippen molar-refractivity contribution in [1.82, 2.24) is 31.5 Å². The molecule has 2 rings (SSSR count). The third-order valence-electron chi connectivity index (χ3n) is 11.1. The summed E-state index contributed by atoms with van der Waals surface area (Å²) >= 11 is 0.995. The van der Waals surface area contributed by atoms with Crippen molar-refractivity contribution in [2.24, 2.45) is 40.5 Å². The number of hydrogen-bond acceptors (Lipinski definition) is 19. The molecule has 5 unspecified atom stereocenters. The molecule has 26 nitrogen and oxygen atoms in total. The van der Waals surface area contributed by atoms with Crippen molar-refractivity contribution in [2.45, 2.75) is 139 Å². The van der Waals surface area contributed by atoms with Gasteiger partial charge in [0.2, 0.25) is 35.4 Å². The number of imide groups is 1. The van der Waals surface area contributed by atoms with Crippen LogP contribution in [-0.2, 0) is 57.4 Å². The van der Waals surface area contributed by atoms with E-state index in [1.54, 1.807) is 27.7 Å². The Labute approximate surface area is 397 Å². The lowest BCUT2D eigenvalue weighted by molar-refractivity contribution is -0.192. The molecule has 18 N–H and O–H groups in total. The number of carbonyl (C=O) groups excluding carboxylic acids is 8. The van der Waals surface area contributed by atoms with Crippen LogP contribution < -0.4 is 55.3 Å². The van der Waals surface area contributed by atoms with Gasteiger partial charge < -0.3 is 69.4 Å². The SMILES string of the molecule is COC1(NC(=O)CCCC(N)C(=O)O)C(=O)N2C(C(=O)O)=C(COC(=O)CC(O)C(CC(N)=O)N[C@H](C(=O)NC(=O)[C@H](CCCN)NC(=O)[C@@H](NC(=O)[C@@H](N)CCCN)C(C)C)C(C)C)CSC21. The van der Waals surface area contributed by atoms with Gasteiger partial charge >= 0.3 is 17.9 Å². The van der Waals surface area contributed by atoms with E-state index in [1.807, 2.05) is 0 Å². The molecule has 0 bridgehead atoms. The van der Waals surface area contributed by atoms with Gasteiger partial charge in [-0.15, -0.1) is 11.8 Å². The highest BCUT2D eigenvalue weighted by Gasteiger charge is 2.66. The number of β-lactam (4-membered cyclic amide) rings is 1. The Morgan fingerprint density at radius 3 is 1.97 bits per heavy atom. The maximum absolute atomic E-state index is 13.7. The molecule has 1 fully saturated rings. The van der Waals surface area contributed by atoms with Crippen molar-refractivity contribution < 1.29 is 72.7 Å². The molecule has 0 aromatic heterocycles. The summed E-state index contributed by atoms with van der Waals surface area (Å²) < 4.78 is 10.7. The van der Waals surface area contributed by atoms with Gasteiger partial charge in [0, 0.05) is 37.3 Å². The highest BCUT2D eigenvalue weighted by atomic mass is 32.2. The Morgan fingerprint density at radius 2 is 1.43 bits per heavy atom. The van der Waals surface area contributed by atoms with E-state index in [4.69, 9.17) is 43.2 Å². The number of rotatable bonds is 31. The minimum atomic E-state index is -1.95. The second kappa shape index (κ2) is 27.6. The van der Waals surface area contributed by atoms with E-state index in [9.17, 15) is 58.2 Å². The van der Waals surface area contributed by atoms with Crippen LogP contribution in [0.3, 0.4) is 0 Å². The van der Waals surface area contributed by atoms with Crippen molar-refractivity contribution in [3.63, 3.8) is 0 Å². The van der Waals surface area contributed by atoms with Gasteiger partial charge in [0.1, 0.15) is 35.8 Å². The first-order valence-electron chi connectivity index (χ1n) is 22.1. The lowest BCUT2D eigenvalue weighted by Gasteiger charge is -2.55. The predicted octanol–water partition coefficient (Wildman–Crippen LogP) is -4.49. The smallest absolute Gasteiger partial charge is 0.352 e. The number of methoxy groups -OCH3 is 1. The lowest BCUT2D eigenvalue weighted by atomic mass is 9.97. The number of thioether (sulfide) groups is 1. The molecule has 384 valence electrons. The maximum Gasteiger partial charge on any atom is 0.352 e. The van der Waals surface area contributed by atoms with E-state index in [0.717, 1.165) is 23.8 Å². The molecular weight excluding hydrogens is 919 g/mol. The molecule has 2 heterocycles. The Hall–Kier alpha value is -5.29. The highest BCUT2D eigenvalue weighted by Crippen LogP contribution is 2.46. The van der Waals surface area contributed by atoms with Crippen LogP contribution >= 0.6 is 11.8 Å². The van der Waals surface area contributed by atoms with Crippen molar-refractivity contribution in [3.8, 4) is 0 Å². The standard InChI is InChI=1S/C41H69N11O15S/c1-19(2)30(36(60)50-34(58)24(11-8-14-43)48-35(59)31(20(3)4)49-33(57)22(44)10-7-13-42)47-25(15-27(46)54)26(53)16-29(56)67-17-21-18-68-40-41(66-5,39(65)52(40)32(21)38(63)64)51-28(55)12-6-9-23(45)37(61)62/h19-20,22-26,30-31,40,47,53H,6-18,42-45H2,1-5H3,(H2,46,54)(H,48,59)(H,49,57)(H,51,55)(H,61,62)(H,63,64)(H,50,58,60)/t22-,23?,24-,25?,26?,30-,31-,40?,41?/m0/s1. The third kappa shape index (κ3) is 16.4. The first-order chi connectivity index (χ1) is 31.9. The summed E-state index contributed by atoms with van der Waals surface area (Å²) in [6.07, 6.45) is -2.31. The van der Waals surface area contributed by atoms with Crippen LogP contribution in [0.1, 0.15) is 85.5 Å². The monoisotopic (exact) mass is 987 g/mol. The number of nitrogens with zero attached hydrogens (tertiary/aromatic N) is 1. The van der Waals surface area contributed by atoms with Gasteiger partial charge in [-0.05, 0) is 63.5 Å². The number of carboxylic acid groups (broad SMARTS) is 2. The Bertz CT molecular complexity index is 1890. The second-order valence-corrected chi connectivity index (χ2v) is 18.2. The number of hydrogen-bond donors (Lipinski definition) is 13. The van der Waals surface area contributed by atoms with Crippen LogP contribution in [0.2, 0.25) is 0 Å². The lowest BCUT2D eigenvalue weighted by Crippen LogP contribution is -2.80. The number of aliphatic carboxylic acids is 2. The average Bonchev–Trinajstić information content (AvgIpc) is 3.26. The quantitative estimate of drug-likeness (QED) is 0.0177. The van der Waals surface area contributed by atoms with Gasteiger partial charge in [0.25, 0.3) is 11.6 Å². The summed E-state index contributed by atoms with van der Waals surface area (Å²) in [5.41, 5.74) is 25.6. The number of primary amides is 1. The molecule has 7 amide bonds. The Balaban J connectivity index is 2.17. The van der Waals surface area contributed by atoms with E-state index in [0.29, 0.717) is 13.0 Å². The van der Waals surface area contributed by atoms with Crippen molar-refractivity contribution >= 4 is 71.0 Å². The van der Waals surface area contributed by atoms with Gasteiger partial charge in [-0.25, -0.2) is 4.79 Å². The van der Waals surface area contributed by atoms with Gasteiger partial charge in [-0.1, -0.05) is 27.7 Å². The zero-order valence-electron chi connectivity index (χ0n) is 38.9. The first kappa shape index (κ1) is 58.8. The number of carboxylic acids is 2. The minimum absolute atomic E-state index is 0.000721. The molecular formula is C41H69N11O15S. The number of esters is 1. The zero-order valence-corrected chi connectivity index (χ0v) is 39.8. The van der Waals surface area contributed by atoms with Gasteiger partial charge in [0.15, 0.2) is 0 Å². The molecule has 27 heteroatoms. The molecule has 0 saturated carbocycles. The summed E-state index contributed by atoms with van der Waals surface area (Å²) in [4.78, 5) is 129. The van der Waals surface area contributed by atoms with Crippen LogP contribution in [0.15, 0.2) is 11.3 Å². The normalized spacial score (nSPS) is 19.9. The molecule has 0 radical (unpaired) electrons. The maximum atomic E-state index is 13.7. The number of carbonyl (C=O) groups is 10. The fraction of sp³-hybridized carbons (Fsp3) is 0.707. The summed E-state index contributed by atoms with van der Waals surface area (Å²) in [6, 6.07) is -7.21. The summed E-state index contributed by atoms with van der Waals surface area (Å²) in [5, 5.41) is 41.9. The van der Waals surface area contributed by atoms with E-state index < -0.39 is 150 Å². The first-order valence-corrected chi connectivity index (χ1v) is 23.2. The van der Waals surface area contributed by atoms with Crippen LogP contribution in [0, 0.1) is 11.8 Å². The summed E-state index contributed by atoms with van der Waals surface area (Å²) in [5.74, 6) is -10.8. The van der Waals surface area contributed by atoms with E-state index in [-0.39, 0.29) is 56.4 Å². The number of amides is 7. The van der Waals surface area contributed by atoms with Crippen molar-refractivity contribution in [2.75, 3.05) is 32.6 Å². The molecule has 0 aliphatic carbocycles. The average molecular weight is 988 g/mol. The Morgan fingerprint density at radius 1 is 0.824 bits per heavy atom. The number of aliphatic hydroxyl groups is 1. The van der Waals surface area contributed by atoms with Crippen LogP contribution in [0.4, 0.5) is 0 Å². The van der Waals surface area contributed by atoms with E-state index in [1.165, 1.54) is 0 Å². The molecule has 2 aliphatic rings. The number of ether oxygens (including phenoxy) is 2.